The Morgan fingerprint density at radius 3 is 2.88 bits per heavy atom. The average molecular weight is 228 g/mol. The molecular weight excluding hydrogens is 215 g/mol. The van der Waals surface area contributed by atoms with Gasteiger partial charge in [0.15, 0.2) is 5.69 Å². The Morgan fingerprint density at radius 1 is 1.62 bits per heavy atom. The van der Waals surface area contributed by atoms with Crippen LogP contribution in [0.3, 0.4) is 0 Å². The van der Waals surface area contributed by atoms with Crippen LogP contribution < -0.4 is 5.56 Å². The van der Waals surface area contributed by atoms with E-state index < -0.39 is 17.3 Å². The molecule has 0 spiro atoms. The smallest absolute Gasteiger partial charge is 0.359 e. The molecule has 0 saturated heterocycles. The Hall–Kier alpha value is -1.59. The highest BCUT2D eigenvalue weighted by molar-refractivity contribution is 5.87. The van der Waals surface area contributed by atoms with Crippen molar-refractivity contribution < 1.29 is 13.9 Å². The zero-order chi connectivity index (χ0) is 11.7. The molecule has 2 rings (SSSR count). The standard InChI is InChI=1S/C10H13FN2O3/c1-2-16-10(15)8-7(11)9(14)12-13(8)5-6-3-4-6/h6H,2-5H2,1H3,(H,12,14). The summed E-state index contributed by atoms with van der Waals surface area (Å²) in [6.45, 7) is 2.25. The molecule has 5 nitrogen and oxygen atoms in total. The van der Waals surface area contributed by atoms with Gasteiger partial charge in [0.2, 0.25) is 5.82 Å². The molecule has 1 aromatic heterocycles. The third-order valence-electron chi connectivity index (χ3n) is 2.52. The highest BCUT2D eigenvalue weighted by Gasteiger charge is 2.28. The van der Waals surface area contributed by atoms with E-state index in [0.717, 1.165) is 12.8 Å². The molecule has 0 amide bonds. The Bertz CT molecular complexity index is 459. The second-order valence-electron chi connectivity index (χ2n) is 3.88. The summed E-state index contributed by atoms with van der Waals surface area (Å²) < 4.78 is 19.4. The number of nitrogens with one attached hydrogen (secondary N) is 1. The maximum atomic E-state index is 13.4. The summed E-state index contributed by atoms with van der Waals surface area (Å²) in [5.74, 6) is -1.42. The molecule has 0 aliphatic heterocycles. The second-order valence-corrected chi connectivity index (χ2v) is 3.88. The van der Waals surface area contributed by atoms with Gasteiger partial charge in [-0.15, -0.1) is 0 Å². The molecule has 1 aliphatic rings. The van der Waals surface area contributed by atoms with Gasteiger partial charge in [0.25, 0.3) is 0 Å². The van der Waals surface area contributed by atoms with Gasteiger partial charge in [-0.25, -0.2) is 4.79 Å². The van der Waals surface area contributed by atoms with Crippen molar-refractivity contribution in [2.75, 3.05) is 6.61 Å². The van der Waals surface area contributed by atoms with Crippen LogP contribution in [0, 0.1) is 11.7 Å². The van der Waals surface area contributed by atoms with Crippen molar-refractivity contribution in [2.45, 2.75) is 26.3 Å². The number of H-pyrrole nitrogens is 1. The quantitative estimate of drug-likeness (QED) is 0.779. The van der Waals surface area contributed by atoms with Crippen LogP contribution in [0.4, 0.5) is 4.39 Å². The number of ether oxygens (including phenoxy) is 1. The zero-order valence-corrected chi connectivity index (χ0v) is 8.96. The first-order valence-corrected chi connectivity index (χ1v) is 5.29. The molecule has 88 valence electrons. The van der Waals surface area contributed by atoms with Crippen molar-refractivity contribution in [1.29, 1.82) is 0 Å². The minimum Gasteiger partial charge on any atom is -0.461 e. The highest BCUT2D eigenvalue weighted by Crippen LogP contribution is 2.30. The third kappa shape index (κ3) is 2.00. The SMILES string of the molecule is CCOC(=O)c1c(F)c(=O)[nH]n1CC1CC1. The van der Waals surface area contributed by atoms with Gasteiger partial charge in [0.1, 0.15) is 0 Å². The number of hydrogen-bond acceptors (Lipinski definition) is 3. The largest absolute Gasteiger partial charge is 0.461 e. The molecular formula is C10H13FN2O3. The number of nitrogens with zero attached hydrogens (tertiary/aromatic N) is 1. The molecule has 1 fully saturated rings. The number of carbonyl (C=O) groups is 1. The van der Waals surface area contributed by atoms with Crippen LogP contribution in [0.25, 0.3) is 0 Å². The number of aromatic nitrogens is 2. The predicted octanol–water partition coefficient (Wildman–Crippen LogP) is 0.902. The molecule has 1 saturated carbocycles. The van der Waals surface area contributed by atoms with Crippen LogP contribution in [-0.2, 0) is 11.3 Å². The summed E-state index contributed by atoms with van der Waals surface area (Å²) in [7, 11) is 0. The van der Waals surface area contributed by atoms with Crippen LogP contribution >= 0.6 is 0 Å². The van der Waals surface area contributed by atoms with Gasteiger partial charge in [-0.2, -0.15) is 4.39 Å². The van der Waals surface area contributed by atoms with E-state index in [2.05, 4.69) is 5.10 Å². The van der Waals surface area contributed by atoms with Crippen LogP contribution in [0.5, 0.6) is 0 Å². The molecule has 0 bridgehead atoms. The fraction of sp³-hybridized carbons (Fsp3) is 0.600. The summed E-state index contributed by atoms with van der Waals surface area (Å²) in [6, 6.07) is 0. The zero-order valence-electron chi connectivity index (χ0n) is 8.96. The molecule has 0 radical (unpaired) electrons. The van der Waals surface area contributed by atoms with Gasteiger partial charge in [-0.3, -0.25) is 14.6 Å². The first-order valence-electron chi connectivity index (χ1n) is 5.29. The summed E-state index contributed by atoms with van der Waals surface area (Å²) in [6.07, 6.45) is 2.09. The van der Waals surface area contributed by atoms with E-state index in [4.69, 9.17) is 4.74 Å². The number of rotatable bonds is 4. The van der Waals surface area contributed by atoms with Gasteiger partial charge in [0.05, 0.1) is 6.61 Å². The topological polar surface area (TPSA) is 64.1 Å². The lowest BCUT2D eigenvalue weighted by atomic mass is 10.3. The highest BCUT2D eigenvalue weighted by atomic mass is 19.1. The first kappa shape index (κ1) is 10.9. The summed E-state index contributed by atoms with van der Waals surface area (Å²) in [4.78, 5) is 22.6. The number of esters is 1. The van der Waals surface area contributed by atoms with Gasteiger partial charge < -0.3 is 4.74 Å². The fourth-order valence-electron chi connectivity index (χ4n) is 1.55. The molecule has 0 unspecified atom stereocenters. The molecule has 16 heavy (non-hydrogen) atoms. The van der Waals surface area contributed by atoms with Gasteiger partial charge in [-0.1, -0.05) is 0 Å². The monoisotopic (exact) mass is 228 g/mol. The lowest BCUT2D eigenvalue weighted by molar-refractivity contribution is 0.0505. The molecule has 1 aliphatic carbocycles. The lowest BCUT2D eigenvalue weighted by Gasteiger charge is -2.06. The molecule has 0 atom stereocenters. The normalized spacial score (nSPS) is 15.1. The second kappa shape index (κ2) is 4.11. The lowest BCUT2D eigenvalue weighted by Crippen LogP contribution is -2.15. The molecule has 1 N–H and O–H groups in total. The predicted molar refractivity (Wildman–Crippen MR) is 53.7 cm³/mol. The van der Waals surface area contributed by atoms with Crippen molar-refractivity contribution in [3.8, 4) is 0 Å². The number of aromatic amines is 1. The number of halogens is 1. The van der Waals surface area contributed by atoms with Crippen molar-refractivity contribution in [3.63, 3.8) is 0 Å². The van der Waals surface area contributed by atoms with E-state index in [9.17, 15) is 14.0 Å². The fourth-order valence-corrected chi connectivity index (χ4v) is 1.55. The van der Waals surface area contributed by atoms with E-state index in [1.165, 1.54) is 4.68 Å². The maximum Gasteiger partial charge on any atom is 0.359 e. The van der Waals surface area contributed by atoms with Crippen LogP contribution in [0.2, 0.25) is 0 Å². The van der Waals surface area contributed by atoms with Crippen molar-refractivity contribution in [3.05, 3.63) is 21.9 Å². The Morgan fingerprint density at radius 2 is 2.31 bits per heavy atom. The number of hydrogen-bond donors (Lipinski definition) is 1. The van der Waals surface area contributed by atoms with Gasteiger partial charge in [-0.05, 0) is 25.7 Å². The summed E-state index contributed by atoms with van der Waals surface area (Å²) in [5.41, 5.74) is -1.16. The molecule has 1 heterocycles. The molecule has 1 aromatic rings. The minimum absolute atomic E-state index is 0.154. The van der Waals surface area contributed by atoms with Crippen LogP contribution in [0.15, 0.2) is 4.79 Å². The van der Waals surface area contributed by atoms with Crippen LogP contribution in [0.1, 0.15) is 30.3 Å². The minimum atomic E-state index is -1.06. The van der Waals surface area contributed by atoms with E-state index in [1.54, 1.807) is 6.92 Å². The summed E-state index contributed by atoms with van der Waals surface area (Å²) >= 11 is 0. The van der Waals surface area contributed by atoms with Crippen molar-refractivity contribution in [2.24, 2.45) is 5.92 Å². The van der Waals surface area contributed by atoms with Crippen molar-refractivity contribution in [1.82, 2.24) is 9.78 Å². The molecule has 0 aromatic carbocycles. The van der Waals surface area contributed by atoms with E-state index in [1.807, 2.05) is 0 Å². The Labute approximate surface area is 91.2 Å². The number of carbonyl (C=O) groups excluding carboxylic acids is 1. The van der Waals surface area contributed by atoms with Gasteiger partial charge in [0, 0.05) is 6.54 Å². The van der Waals surface area contributed by atoms with Gasteiger partial charge >= 0.3 is 11.5 Å². The Balaban J connectivity index is 2.31. The van der Waals surface area contributed by atoms with E-state index in [-0.39, 0.29) is 12.3 Å². The van der Waals surface area contributed by atoms with E-state index >= 15 is 0 Å². The third-order valence-corrected chi connectivity index (χ3v) is 2.52. The maximum absolute atomic E-state index is 13.4. The average Bonchev–Trinajstić information content (AvgIpc) is 2.97. The Kier molecular flexibility index (Phi) is 2.80. The molecule has 6 heteroatoms. The van der Waals surface area contributed by atoms with E-state index in [0.29, 0.717) is 12.5 Å². The van der Waals surface area contributed by atoms with Crippen LogP contribution in [-0.4, -0.2) is 22.4 Å². The summed E-state index contributed by atoms with van der Waals surface area (Å²) in [5, 5.41) is 2.31. The first-order chi connectivity index (χ1) is 7.63. The van der Waals surface area contributed by atoms with Crippen molar-refractivity contribution >= 4 is 5.97 Å².